The SMILES string of the molecule is CC1(C)C(=O)Nc2cc(Nc3nc4c(N5CCCC5)nccn4n3)ccc21. The van der Waals surface area contributed by atoms with E-state index >= 15 is 0 Å². The Bertz CT molecular complexity index is 1050. The summed E-state index contributed by atoms with van der Waals surface area (Å²) in [5.74, 6) is 1.40. The Hall–Kier alpha value is -3.16. The molecule has 2 N–H and O–H groups in total. The number of amides is 1. The van der Waals surface area contributed by atoms with E-state index in [4.69, 9.17) is 0 Å². The van der Waals surface area contributed by atoms with E-state index in [1.54, 1.807) is 16.9 Å². The Balaban J connectivity index is 1.47. The van der Waals surface area contributed by atoms with Crippen LogP contribution in [0.5, 0.6) is 0 Å². The first-order valence-corrected chi connectivity index (χ1v) is 9.22. The molecule has 1 fully saturated rings. The van der Waals surface area contributed by atoms with E-state index in [1.165, 1.54) is 12.8 Å². The predicted molar refractivity (Wildman–Crippen MR) is 104 cm³/mol. The zero-order valence-corrected chi connectivity index (χ0v) is 15.4. The topological polar surface area (TPSA) is 87.5 Å². The van der Waals surface area contributed by atoms with Crippen LogP contribution < -0.4 is 15.5 Å². The molecule has 2 aliphatic rings. The normalized spacial score (nSPS) is 18.0. The van der Waals surface area contributed by atoms with Gasteiger partial charge in [0.2, 0.25) is 11.9 Å². The zero-order chi connectivity index (χ0) is 18.6. The molecule has 0 unspecified atom stereocenters. The fourth-order valence-corrected chi connectivity index (χ4v) is 3.81. The third-order valence-electron chi connectivity index (χ3n) is 5.41. The number of fused-ring (bicyclic) bond motifs is 2. The number of anilines is 4. The number of benzene rings is 1. The van der Waals surface area contributed by atoms with Gasteiger partial charge in [-0.15, -0.1) is 5.10 Å². The van der Waals surface area contributed by atoms with E-state index in [0.717, 1.165) is 41.5 Å². The van der Waals surface area contributed by atoms with Crippen LogP contribution in [0.3, 0.4) is 0 Å². The summed E-state index contributed by atoms with van der Waals surface area (Å²) in [4.78, 5) is 23.5. The van der Waals surface area contributed by atoms with E-state index in [2.05, 4.69) is 30.6 Å². The Labute approximate surface area is 156 Å². The molecule has 1 saturated heterocycles. The highest BCUT2D eigenvalue weighted by Crippen LogP contribution is 2.39. The minimum atomic E-state index is -0.508. The maximum Gasteiger partial charge on any atom is 0.247 e. The van der Waals surface area contributed by atoms with Crippen LogP contribution in [0.2, 0.25) is 0 Å². The molecule has 0 aliphatic carbocycles. The molecule has 1 amide bonds. The zero-order valence-electron chi connectivity index (χ0n) is 15.4. The lowest BCUT2D eigenvalue weighted by atomic mass is 9.86. The molecule has 3 aromatic rings. The van der Waals surface area contributed by atoms with Crippen LogP contribution in [0, 0.1) is 0 Å². The van der Waals surface area contributed by atoms with Gasteiger partial charge in [0, 0.05) is 36.9 Å². The van der Waals surface area contributed by atoms with E-state index in [0.29, 0.717) is 5.95 Å². The Morgan fingerprint density at radius 1 is 1.22 bits per heavy atom. The summed E-state index contributed by atoms with van der Waals surface area (Å²) in [5.41, 5.74) is 2.90. The van der Waals surface area contributed by atoms with Gasteiger partial charge in [-0.3, -0.25) is 4.79 Å². The van der Waals surface area contributed by atoms with Crippen molar-refractivity contribution in [3.63, 3.8) is 0 Å². The van der Waals surface area contributed by atoms with Gasteiger partial charge in [0.05, 0.1) is 5.41 Å². The van der Waals surface area contributed by atoms with Crippen LogP contribution in [0.4, 0.5) is 23.1 Å². The molecule has 1 aromatic carbocycles. The van der Waals surface area contributed by atoms with Gasteiger partial charge < -0.3 is 15.5 Å². The Morgan fingerprint density at radius 3 is 2.85 bits per heavy atom. The summed E-state index contributed by atoms with van der Waals surface area (Å²) in [6.07, 6.45) is 5.92. The number of hydrogen-bond donors (Lipinski definition) is 2. The van der Waals surface area contributed by atoms with Crippen LogP contribution in [0.25, 0.3) is 5.65 Å². The Morgan fingerprint density at radius 2 is 2.04 bits per heavy atom. The lowest BCUT2D eigenvalue weighted by molar-refractivity contribution is -0.119. The minimum absolute atomic E-state index is 0.0156. The second kappa shape index (κ2) is 5.67. The van der Waals surface area contributed by atoms with Crippen LogP contribution >= 0.6 is 0 Å². The van der Waals surface area contributed by atoms with Gasteiger partial charge >= 0.3 is 0 Å². The highest BCUT2D eigenvalue weighted by atomic mass is 16.2. The molecule has 5 rings (SSSR count). The molecule has 8 heteroatoms. The van der Waals surface area contributed by atoms with Gasteiger partial charge in [-0.05, 0) is 44.4 Å². The van der Waals surface area contributed by atoms with Crippen molar-refractivity contribution in [1.29, 1.82) is 0 Å². The predicted octanol–water partition coefficient (Wildman–Crippen LogP) is 2.70. The monoisotopic (exact) mass is 363 g/mol. The molecule has 2 aromatic heterocycles. The lowest BCUT2D eigenvalue weighted by Gasteiger charge is -2.15. The first kappa shape index (κ1) is 16.0. The average molecular weight is 363 g/mol. The largest absolute Gasteiger partial charge is 0.353 e. The van der Waals surface area contributed by atoms with Gasteiger partial charge in [-0.1, -0.05) is 6.07 Å². The summed E-state index contributed by atoms with van der Waals surface area (Å²) in [5, 5.41) is 10.7. The van der Waals surface area contributed by atoms with Crippen LogP contribution in [0.15, 0.2) is 30.6 Å². The van der Waals surface area contributed by atoms with Crippen molar-refractivity contribution in [2.75, 3.05) is 28.6 Å². The molecule has 0 saturated carbocycles. The Kier molecular flexibility index (Phi) is 3.37. The van der Waals surface area contributed by atoms with E-state index in [-0.39, 0.29) is 5.91 Å². The summed E-state index contributed by atoms with van der Waals surface area (Å²) < 4.78 is 1.75. The molecule has 8 nitrogen and oxygen atoms in total. The van der Waals surface area contributed by atoms with Crippen LogP contribution in [-0.4, -0.2) is 38.6 Å². The number of nitrogens with zero attached hydrogens (tertiary/aromatic N) is 5. The first-order chi connectivity index (χ1) is 13.0. The van der Waals surface area contributed by atoms with Crippen LogP contribution in [-0.2, 0) is 10.2 Å². The van der Waals surface area contributed by atoms with Gasteiger partial charge in [-0.25, -0.2) is 9.50 Å². The van der Waals surface area contributed by atoms with Crippen molar-refractivity contribution >= 4 is 34.7 Å². The maximum atomic E-state index is 12.1. The van der Waals surface area contributed by atoms with Gasteiger partial charge in [-0.2, -0.15) is 4.98 Å². The molecule has 0 radical (unpaired) electrons. The standard InChI is InChI=1S/C19H21N7O/c1-19(2)13-6-5-12(11-14(13)22-17(19)27)21-18-23-16-15(25-8-3-4-9-25)20-7-10-26(16)24-18/h5-7,10-11H,3-4,8-9H2,1-2H3,(H,21,24)(H,22,27). The van der Waals surface area contributed by atoms with E-state index in [9.17, 15) is 4.79 Å². The number of hydrogen-bond acceptors (Lipinski definition) is 6. The molecule has 0 atom stereocenters. The van der Waals surface area contributed by atoms with E-state index in [1.807, 2.05) is 32.0 Å². The first-order valence-electron chi connectivity index (χ1n) is 9.22. The second-order valence-electron chi connectivity index (χ2n) is 7.61. The molecule has 0 bridgehead atoms. The number of nitrogens with one attached hydrogen (secondary N) is 2. The van der Waals surface area contributed by atoms with Crippen molar-refractivity contribution in [3.8, 4) is 0 Å². The van der Waals surface area contributed by atoms with Crippen LogP contribution in [0.1, 0.15) is 32.3 Å². The fourth-order valence-electron chi connectivity index (χ4n) is 3.81. The summed E-state index contributed by atoms with van der Waals surface area (Å²) in [7, 11) is 0. The number of carbonyl (C=O) groups excluding carboxylic acids is 1. The van der Waals surface area contributed by atoms with Crippen molar-refractivity contribution < 1.29 is 4.79 Å². The molecule has 0 spiro atoms. The molecule has 2 aliphatic heterocycles. The van der Waals surface area contributed by atoms with Crippen molar-refractivity contribution in [3.05, 3.63) is 36.2 Å². The van der Waals surface area contributed by atoms with E-state index < -0.39 is 5.41 Å². The average Bonchev–Trinajstić information content (AvgIpc) is 3.34. The molecular weight excluding hydrogens is 342 g/mol. The number of rotatable bonds is 3. The van der Waals surface area contributed by atoms with Gasteiger partial charge in [0.15, 0.2) is 11.5 Å². The summed E-state index contributed by atoms with van der Waals surface area (Å²) in [6.45, 7) is 5.86. The summed E-state index contributed by atoms with van der Waals surface area (Å²) in [6, 6.07) is 5.85. The third kappa shape index (κ3) is 2.51. The maximum absolute atomic E-state index is 12.1. The molecular formula is C19H21N7O. The second-order valence-corrected chi connectivity index (χ2v) is 7.61. The van der Waals surface area contributed by atoms with Crippen molar-refractivity contribution in [1.82, 2.24) is 19.6 Å². The van der Waals surface area contributed by atoms with Crippen molar-refractivity contribution in [2.45, 2.75) is 32.1 Å². The number of aromatic nitrogens is 4. The highest BCUT2D eigenvalue weighted by molar-refractivity contribution is 6.06. The molecule has 27 heavy (non-hydrogen) atoms. The van der Waals surface area contributed by atoms with Gasteiger partial charge in [0.25, 0.3) is 0 Å². The molecule has 138 valence electrons. The third-order valence-corrected chi connectivity index (χ3v) is 5.41. The smallest absolute Gasteiger partial charge is 0.247 e. The summed E-state index contributed by atoms with van der Waals surface area (Å²) >= 11 is 0. The quantitative estimate of drug-likeness (QED) is 0.744. The van der Waals surface area contributed by atoms with Crippen molar-refractivity contribution in [2.24, 2.45) is 0 Å². The minimum Gasteiger partial charge on any atom is -0.353 e. The fraction of sp³-hybridized carbons (Fsp3) is 0.368. The highest BCUT2D eigenvalue weighted by Gasteiger charge is 2.38. The number of carbonyl (C=O) groups is 1. The van der Waals surface area contributed by atoms with Gasteiger partial charge in [0.1, 0.15) is 0 Å². The lowest BCUT2D eigenvalue weighted by Crippen LogP contribution is -2.26. The molecule has 4 heterocycles.